The van der Waals surface area contributed by atoms with E-state index in [1.165, 1.54) is 0 Å². The van der Waals surface area contributed by atoms with Gasteiger partial charge in [0.05, 0.1) is 37.2 Å². The van der Waals surface area contributed by atoms with E-state index < -0.39 is 47.1 Å². The predicted molar refractivity (Wildman–Crippen MR) is 150 cm³/mol. The van der Waals surface area contributed by atoms with Gasteiger partial charge in [0, 0.05) is 16.9 Å². The van der Waals surface area contributed by atoms with Gasteiger partial charge in [0.1, 0.15) is 11.6 Å². The molecule has 9 heteroatoms. The number of likely N-dealkylation sites (tertiary alicyclic amines) is 1. The van der Waals surface area contributed by atoms with Crippen LogP contribution in [-0.4, -0.2) is 86.6 Å². The van der Waals surface area contributed by atoms with Gasteiger partial charge < -0.3 is 24.4 Å². The van der Waals surface area contributed by atoms with Gasteiger partial charge in [-0.25, -0.2) is 0 Å². The second kappa shape index (κ2) is 12.2. The van der Waals surface area contributed by atoms with Crippen molar-refractivity contribution >= 4 is 33.7 Å². The second-order valence-corrected chi connectivity index (χ2v) is 13.1. The van der Waals surface area contributed by atoms with Crippen molar-refractivity contribution in [1.82, 2.24) is 9.80 Å². The van der Waals surface area contributed by atoms with Crippen molar-refractivity contribution in [2.75, 3.05) is 19.8 Å². The Hall–Kier alpha value is -1.71. The van der Waals surface area contributed by atoms with Crippen LogP contribution >= 0.6 is 15.9 Å². The normalized spacial score (nSPS) is 31.6. The molecule has 3 heterocycles. The molecule has 3 unspecified atom stereocenters. The van der Waals surface area contributed by atoms with E-state index in [0.717, 1.165) is 12.8 Å². The minimum Gasteiger partial charge on any atom is -0.465 e. The van der Waals surface area contributed by atoms with Crippen LogP contribution in [0.3, 0.4) is 0 Å². The average molecular weight is 598 g/mol. The summed E-state index contributed by atoms with van der Waals surface area (Å²) >= 11 is 3.69. The summed E-state index contributed by atoms with van der Waals surface area (Å²) in [5.41, 5.74) is -1.74. The van der Waals surface area contributed by atoms with Gasteiger partial charge in [-0.3, -0.25) is 14.4 Å². The molecule has 38 heavy (non-hydrogen) atoms. The Labute approximate surface area is 235 Å². The van der Waals surface area contributed by atoms with Gasteiger partial charge in [-0.2, -0.15) is 0 Å². The van der Waals surface area contributed by atoms with E-state index in [2.05, 4.69) is 29.1 Å². The summed E-state index contributed by atoms with van der Waals surface area (Å²) in [6.45, 7) is 17.6. The highest BCUT2D eigenvalue weighted by Crippen LogP contribution is 2.61. The fourth-order valence-electron chi connectivity index (χ4n) is 6.42. The molecular weight excluding hydrogens is 552 g/mol. The molecule has 214 valence electrons. The zero-order chi connectivity index (χ0) is 28.4. The highest BCUT2D eigenvalue weighted by Gasteiger charge is 2.77. The number of rotatable bonds is 13. The molecule has 2 bridgehead atoms. The zero-order valence-corrected chi connectivity index (χ0v) is 25.1. The van der Waals surface area contributed by atoms with Crippen molar-refractivity contribution < 1.29 is 29.0 Å². The van der Waals surface area contributed by atoms with E-state index in [1.54, 1.807) is 15.9 Å². The van der Waals surface area contributed by atoms with E-state index in [0.29, 0.717) is 25.8 Å². The van der Waals surface area contributed by atoms with Crippen molar-refractivity contribution in [3.63, 3.8) is 0 Å². The number of nitrogens with zero attached hydrogens (tertiary/aromatic N) is 2. The Balaban J connectivity index is 2.06. The second-order valence-electron chi connectivity index (χ2n) is 11.9. The Kier molecular flexibility index (Phi) is 9.91. The van der Waals surface area contributed by atoms with Crippen LogP contribution in [0.2, 0.25) is 0 Å². The molecule has 0 aromatic carbocycles. The molecule has 3 aliphatic rings. The smallest absolute Gasteiger partial charge is 0.312 e. The number of hydrogen-bond acceptors (Lipinski definition) is 6. The van der Waals surface area contributed by atoms with Crippen molar-refractivity contribution in [2.45, 2.75) is 101 Å². The van der Waals surface area contributed by atoms with Crippen LogP contribution in [0.1, 0.15) is 66.7 Å². The minimum absolute atomic E-state index is 0.0656. The molecule has 0 aliphatic carbocycles. The third kappa shape index (κ3) is 5.35. The molecule has 8 atom stereocenters. The Morgan fingerprint density at radius 3 is 2.55 bits per heavy atom. The number of fused-ring (bicyclic) bond motifs is 1. The van der Waals surface area contributed by atoms with E-state index >= 15 is 0 Å². The molecule has 8 nitrogen and oxygen atoms in total. The van der Waals surface area contributed by atoms with Crippen molar-refractivity contribution in [3.05, 3.63) is 25.3 Å². The number of carbonyl (C=O) groups excluding carboxylic acids is 3. The standard InChI is InChI=1S/C29H45BrN2O6/c1-8-11-12-13-15-37-27(36)21-22-25(34)32(20(17-33)18(4)10-3)24(29(22)16-19(30)23(21)38-29)26(35)31(14-9-2)28(5,6)7/h8-9,18-24,33H,1-2,10-17H2,3-7H3/t18-,19?,20-,21-,22-,23-,24?,29?/m0/s1. The molecule has 0 radical (unpaired) electrons. The van der Waals surface area contributed by atoms with Crippen LogP contribution < -0.4 is 0 Å². The maximum atomic E-state index is 14.4. The van der Waals surface area contributed by atoms with Crippen LogP contribution in [-0.2, 0) is 23.9 Å². The summed E-state index contributed by atoms with van der Waals surface area (Å²) < 4.78 is 12.2. The van der Waals surface area contributed by atoms with Crippen LogP contribution in [0.5, 0.6) is 0 Å². The number of aliphatic hydroxyl groups excluding tert-OH is 1. The first-order chi connectivity index (χ1) is 17.9. The molecular formula is C29H45BrN2O6. The lowest BCUT2D eigenvalue weighted by atomic mass is 9.70. The van der Waals surface area contributed by atoms with E-state index in [1.807, 2.05) is 40.7 Å². The first-order valence-corrected chi connectivity index (χ1v) is 14.8. The van der Waals surface area contributed by atoms with Gasteiger partial charge in [-0.15, -0.1) is 13.2 Å². The van der Waals surface area contributed by atoms with E-state index in [9.17, 15) is 19.5 Å². The molecule has 1 spiro atoms. The van der Waals surface area contributed by atoms with Crippen molar-refractivity contribution in [2.24, 2.45) is 17.8 Å². The number of allylic oxidation sites excluding steroid dienone is 1. The average Bonchev–Trinajstić information content (AvgIpc) is 3.45. The van der Waals surface area contributed by atoms with Crippen molar-refractivity contribution in [1.29, 1.82) is 0 Å². The third-order valence-electron chi connectivity index (χ3n) is 8.51. The molecule has 0 aromatic heterocycles. The first kappa shape index (κ1) is 30.8. The summed E-state index contributed by atoms with van der Waals surface area (Å²) in [6, 6.07) is -1.56. The largest absolute Gasteiger partial charge is 0.465 e. The molecule has 0 aromatic rings. The fraction of sp³-hybridized carbons (Fsp3) is 0.759. The number of hydrogen-bond donors (Lipinski definition) is 1. The highest BCUT2D eigenvalue weighted by atomic mass is 79.9. The molecule has 2 amide bonds. The van der Waals surface area contributed by atoms with Crippen LogP contribution in [0, 0.1) is 17.8 Å². The van der Waals surface area contributed by atoms with Crippen LogP contribution in [0.25, 0.3) is 0 Å². The van der Waals surface area contributed by atoms with Crippen LogP contribution in [0.4, 0.5) is 0 Å². The van der Waals surface area contributed by atoms with Gasteiger partial charge >= 0.3 is 5.97 Å². The minimum atomic E-state index is -1.19. The summed E-state index contributed by atoms with van der Waals surface area (Å²) in [5, 5.41) is 10.5. The number of carbonyl (C=O) groups is 3. The summed E-state index contributed by atoms with van der Waals surface area (Å²) in [6.07, 6.45) is 6.46. The van der Waals surface area contributed by atoms with Gasteiger partial charge in [0.15, 0.2) is 0 Å². The molecule has 0 saturated carbocycles. The van der Waals surface area contributed by atoms with Gasteiger partial charge in [0.25, 0.3) is 0 Å². The number of halogens is 1. The van der Waals surface area contributed by atoms with Crippen molar-refractivity contribution in [3.8, 4) is 0 Å². The lowest BCUT2D eigenvalue weighted by Crippen LogP contribution is -2.62. The summed E-state index contributed by atoms with van der Waals surface area (Å²) in [5.74, 6) is -2.77. The molecule has 3 rings (SSSR count). The van der Waals surface area contributed by atoms with E-state index in [-0.39, 0.29) is 35.8 Å². The third-order valence-corrected chi connectivity index (χ3v) is 9.36. The topological polar surface area (TPSA) is 96.4 Å². The lowest BCUT2D eigenvalue weighted by molar-refractivity contribution is -0.158. The molecule has 3 fully saturated rings. The number of esters is 1. The van der Waals surface area contributed by atoms with Gasteiger partial charge in [0.2, 0.25) is 11.8 Å². The van der Waals surface area contributed by atoms with Crippen LogP contribution in [0.15, 0.2) is 25.3 Å². The summed E-state index contributed by atoms with van der Waals surface area (Å²) in [4.78, 5) is 45.2. The number of amides is 2. The Morgan fingerprint density at radius 1 is 1.32 bits per heavy atom. The Bertz CT molecular complexity index is 919. The fourth-order valence-corrected chi connectivity index (χ4v) is 7.36. The Morgan fingerprint density at radius 2 is 2.00 bits per heavy atom. The van der Waals surface area contributed by atoms with Gasteiger partial charge in [-0.1, -0.05) is 48.4 Å². The maximum Gasteiger partial charge on any atom is 0.312 e. The van der Waals surface area contributed by atoms with E-state index in [4.69, 9.17) is 9.47 Å². The molecule has 3 aliphatic heterocycles. The number of unbranched alkanes of at least 4 members (excludes halogenated alkanes) is 2. The highest BCUT2D eigenvalue weighted by molar-refractivity contribution is 9.09. The predicted octanol–water partition coefficient (Wildman–Crippen LogP) is 3.85. The van der Waals surface area contributed by atoms with Gasteiger partial charge in [-0.05, 0) is 52.4 Å². The molecule has 1 N–H and O–H groups in total. The quantitative estimate of drug-likeness (QED) is 0.150. The number of aliphatic hydroxyl groups is 1. The zero-order valence-electron chi connectivity index (χ0n) is 23.5. The lowest BCUT2D eigenvalue weighted by Gasteiger charge is -2.44. The number of ether oxygens (including phenoxy) is 2. The number of alkyl halides is 1. The first-order valence-electron chi connectivity index (χ1n) is 13.9. The molecule has 3 saturated heterocycles. The monoisotopic (exact) mass is 596 g/mol. The summed E-state index contributed by atoms with van der Waals surface area (Å²) in [7, 11) is 0. The SMILES string of the molecule is C=CCCCCOC(=O)[C@H]1[C@H]2C(=O)N([C@@H](CO)[C@@H](C)CC)C(C(=O)N(CC=C)C(C)(C)C)C23CC(Br)[C@@H]1O3. The maximum absolute atomic E-state index is 14.4.